The molecule has 4 aliphatic rings. The second kappa shape index (κ2) is 8.30. The second-order valence-corrected chi connectivity index (χ2v) is 13.6. The lowest BCUT2D eigenvalue weighted by atomic mass is 9.63. The van der Waals surface area contributed by atoms with E-state index in [0.717, 1.165) is 42.4 Å². The number of ether oxygens (including phenoxy) is 2. The maximum Gasteiger partial charge on any atom is 0.323 e. The molecule has 1 aromatic rings. The van der Waals surface area contributed by atoms with Gasteiger partial charge < -0.3 is 9.47 Å². The molecular formula is C29H36O6S. The number of sulfone groups is 1. The summed E-state index contributed by atoms with van der Waals surface area (Å²) >= 11 is 0. The van der Waals surface area contributed by atoms with Gasteiger partial charge in [0.15, 0.2) is 5.41 Å². The molecule has 2 saturated carbocycles. The third-order valence-corrected chi connectivity index (χ3v) is 11.8. The van der Waals surface area contributed by atoms with E-state index in [1.54, 1.807) is 30.3 Å². The van der Waals surface area contributed by atoms with Crippen LogP contribution in [-0.4, -0.2) is 34.6 Å². The van der Waals surface area contributed by atoms with Gasteiger partial charge in [0, 0.05) is 6.42 Å². The molecule has 0 heterocycles. The van der Waals surface area contributed by atoms with Crippen molar-refractivity contribution in [1.82, 2.24) is 0 Å². The molecule has 0 radical (unpaired) electrons. The van der Waals surface area contributed by atoms with Crippen LogP contribution in [0.4, 0.5) is 0 Å². The minimum Gasteiger partial charge on any atom is -0.468 e. The van der Waals surface area contributed by atoms with Crippen LogP contribution in [0.1, 0.15) is 65.7 Å². The van der Waals surface area contributed by atoms with Crippen molar-refractivity contribution in [3.05, 3.63) is 52.0 Å². The Labute approximate surface area is 214 Å². The number of rotatable bonds is 4. The molecule has 0 N–H and O–H groups in total. The van der Waals surface area contributed by atoms with Gasteiger partial charge in [-0.3, -0.25) is 9.59 Å². The highest BCUT2D eigenvalue weighted by atomic mass is 32.2. The van der Waals surface area contributed by atoms with Crippen LogP contribution >= 0.6 is 0 Å². The van der Waals surface area contributed by atoms with Gasteiger partial charge in [0.2, 0.25) is 9.84 Å². The third-order valence-electron chi connectivity index (χ3n) is 9.94. The van der Waals surface area contributed by atoms with E-state index in [1.807, 2.05) is 0 Å². The van der Waals surface area contributed by atoms with Gasteiger partial charge in [0.05, 0.1) is 24.0 Å². The molecule has 0 unspecified atom stereocenters. The summed E-state index contributed by atoms with van der Waals surface area (Å²) < 4.78 is 38.8. The Bertz CT molecular complexity index is 1270. The zero-order valence-corrected chi connectivity index (χ0v) is 22.7. The van der Waals surface area contributed by atoms with Crippen molar-refractivity contribution in [2.24, 2.45) is 28.1 Å². The standard InChI is InChI=1S/C29H36O6S/c1-18-20-16-28(25(30)34-4,26(31)35-5)17-22(36(32,33)19-12-8-6-9-13-19)23(20)24-27(2,3)29(24)15-11-7-10-14-21(18)29/h6,8-9,12-13,21,24H,7,10-11,14-17H2,1-5H3/t21-,24+,29+/m0/s1. The quantitative estimate of drug-likeness (QED) is 0.397. The molecule has 36 heavy (non-hydrogen) atoms. The molecule has 3 atom stereocenters. The van der Waals surface area contributed by atoms with E-state index in [1.165, 1.54) is 20.6 Å². The predicted octanol–water partition coefficient (Wildman–Crippen LogP) is 5.39. The van der Waals surface area contributed by atoms with E-state index in [9.17, 15) is 18.0 Å². The maximum absolute atomic E-state index is 14.3. The fourth-order valence-corrected chi connectivity index (χ4v) is 10.0. The lowest BCUT2D eigenvalue weighted by Crippen LogP contribution is -2.46. The Balaban J connectivity index is 1.84. The lowest BCUT2D eigenvalue weighted by Gasteiger charge is -2.42. The number of carbonyl (C=O) groups is 2. The molecule has 2 fully saturated rings. The molecule has 4 aliphatic carbocycles. The number of methoxy groups -OCH3 is 2. The van der Waals surface area contributed by atoms with E-state index < -0.39 is 27.2 Å². The van der Waals surface area contributed by atoms with Crippen LogP contribution < -0.4 is 0 Å². The van der Waals surface area contributed by atoms with Gasteiger partial charge in [-0.1, -0.05) is 56.9 Å². The van der Waals surface area contributed by atoms with Crippen molar-refractivity contribution >= 4 is 21.8 Å². The predicted molar refractivity (Wildman–Crippen MR) is 135 cm³/mol. The van der Waals surface area contributed by atoms with Crippen molar-refractivity contribution < 1.29 is 27.5 Å². The SMILES string of the molecule is COC(=O)C1(C(=O)OC)CC2=C(C)[C@@H]3CCCCC[C@]34[C@H](C2=C(S(=O)(=O)c2ccccc2)C1)C4(C)C. The van der Waals surface area contributed by atoms with Crippen molar-refractivity contribution in [2.45, 2.75) is 70.6 Å². The van der Waals surface area contributed by atoms with E-state index in [0.29, 0.717) is 5.92 Å². The average molecular weight is 513 g/mol. The molecule has 5 rings (SSSR count). The highest BCUT2D eigenvalue weighted by Crippen LogP contribution is 2.83. The van der Waals surface area contributed by atoms with E-state index in [4.69, 9.17) is 9.47 Å². The first kappa shape index (κ1) is 25.2. The molecule has 6 nitrogen and oxygen atoms in total. The number of allylic oxidation sites excluding steroid dienone is 4. The van der Waals surface area contributed by atoms with Gasteiger partial charge in [-0.2, -0.15) is 0 Å². The molecule has 0 saturated heterocycles. The molecule has 1 aromatic carbocycles. The Hall–Kier alpha value is -2.41. The molecule has 0 amide bonds. The van der Waals surface area contributed by atoms with Gasteiger partial charge in [-0.25, -0.2) is 8.42 Å². The molecule has 1 spiro atoms. The van der Waals surface area contributed by atoms with Gasteiger partial charge in [0.25, 0.3) is 0 Å². The summed E-state index contributed by atoms with van der Waals surface area (Å²) in [6.45, 7) is 6.64. The Morgan fingerprint density at radius 3 is 2.19 bits per heavy atom. The van der Waals surface area contributed by atoms with E-state index in [2.05, 4.69) is 20.8 Å². The fourth-order valence-electron chi connectivity index (χ4n) is 8.24. The smallest absolute Gasteiger partial charge is 0.323 e. The Morgan fingerprint density at radius 2 is 1.58 bits per heavy atom. The number of carbonyl (C=O) groups excluding carboxylic acids is 2. The number of hydrogen-bond donors (Lipinski definition) is 0. The van der Waals surface area contributed by atoms with Crippen LogP contribution in [0.25, 0.3) is 0 Å². The van der Waals surface area contributed by atoms with E-state index in [-0.39, 0.29) is 39.4 Å². The van der Waals surface area contributed by atoms with Crippen LogP contribution in [0.15, 0.2) is 56.9 Å². The fraction of sp³-hybridized carbons (Fsp3) is 0.586. The monoisotopic (exact) mass is 512 g/mol. The normalized spacial score (nSPS) is 30.4. The molecule has 0 aliphatic heterocycles. The summed E-state index contributed by atoms with van der Waals surface area (Å²) in [5, 5.41) is 0. The first-order chi connectivity index (χ1) is 17.0. The van der Waals surface area contributed by atoms with Crippen LogP contribution in [0.5, 0.6) is 0 Å². The molecule has 0 aromatic heterocycles. The maximum atomic E-state index is 14.3. The van der Waals surface area contributed by atoms with Crippen LogP contribution in [0.2, 0.25) is 0 Å². The zero-order valence-electron chi connectivity index (χ0n) is 21.8. The van der Waals surface area contributed by atoms with Gasteiger partial charge in [0.1, 0.15) is 0 Å². The van der Waals surface area contributed by atoms with Gasteiger partial charge in [-0.15, -0.1) is 0 Å². The summed E-state index contributed by atoms with van der Waals surface area (Å²) in [6.07, 6.45) is 5.43. The minimum atomic E-state index is -3.99. The van der Waals surface area contributed by atoms with Crippen molar-refractivity contribution in [3.63, 3.8) is 0 Å². The Kier molecular flexibility index (Phi) is 5.82. The van der Waals surface area contributed by atoms with Gasteiger partial charge in [-0.05, 0) is 72.1 Å². The number of benzene rings is 1. The van der Waals surface area contributed by atoms with Crippen molar-refractivity contribution in [1.29, 1.82) is 0 Å². The molecule has 0 bridgehead atoms. The second-order valence-electron chi connectivity index (χ2n) is 11.6. The average Bonchev–Trinajstić information content (AvgIpc) is 3.47. The summed E-state index contributed by atoms with van der Waals surface area (Å²) in [7, 11) is -1.51. The summed E-state index contributed by atoms with van der Waals surface area (Å²) in [5.41, 5.74) is 1.04. The molecule has 194 valence electrons. The first-order valence-electron chi connectivity index (χ1n) is 12.9. The number of hydrogen-bond acceptors (Lipinski definition) is 6. The third kappa shape index (κ3) is 3.10. The van der Waals surface area contributed by atoms with Crippen molar-refractivity contribution in [2.75, 3.05) is 14.2 Å². The summed E-state index contributed by atoms with van der Waals surface area (Å²) in [4.78, 5) is 26.9. The van der Waals surface area contributed by atoms with Crippen LogP contribution in [-0.2, 0) is 28.9 Å². The first-order valence-corrected chi connectivity index (χ1v) is 14.4. The topological polar surface area (TPSA) is 86.7 Å². The minimum absolute atomic E-state index is 0.0143. The summed E-state index contributed by atoms with van der Waals surface area (Å²) in [5.74, 6) is -1.11. The van der Waals surface area contributed by atoms with E-state index >= 15 is 0 Å². The number of fused-ring (bicyclic) bond motifs is 2. The van der Waals surface area contributed by atoms with Gasteiger partial charge >= 0.3 is 11.9 Å². The number of esters is 2. The van der Waals surface area contributed by atoms with Crippen LogP contribution in [0.3, 0.4) is 0 Å². The Morgan fingerprint density at radius 1 is 0.944 bits per heavy atom. The summed E-state index contributed by atoms with van der Waals surface area (Å²) in [6, 6.07) is 8.33. The van der Waals surface area contributed by atoms with Crippen molar-refractivity contribution in [3.8, 4) is 0 Å². The highest BCUT2D eigenvalue weighted by molar-refractivity contribution is 7.95. The molecular weight excluding hydrogens is 476 g/mol. The lowest BCUT2D eigenvalue weighted by molar-refractivity contribution is -0.169. The molecule has 7 heteroatoms. The zero-order chi connectivity index (χ0) is 26.1. The van der Waals surface area contributed by atoms with Crippen LogP contribution in [0, 0.1) is 28.1 Å². The largest absolute Gasteiger partial charge is 0.468 e. The highest BCUT2D eigenvalue weighted by Gasteiger charge is 2.77.